The van der Waals surface area contributed by atoms with Crippen LogP contribution in [0.1, 0.15) is 5.56 Å². The van der Waals surface area contributed by atoms with Gasteiger partial charge in [-0.2, -0.15) is 9.94 Å². The highest BCUT2D eigenvalue weighted by Crippen LogP contribution is 2.31. The largest absolute Gasteiger partial charge is 0.387 e. The first-order valence-electron chi connectivity index (χ1n) is 8.74. The van der Waals surface area contributed by atoms with E-state index in [1.54, 1.807) is 31.4 Å². The molecule has 2 heterocycles. The summed E-state index contributed by atoms with van der Waals surface area (Å²) in [5.41, 5.74) is 8.71. The standard InChI is InChI=1S/C20H14F2N8/c1-25-16-6-5-11(7-12(16)9-23)13-8-14(19(24)26-10-13)20-27-28-29-30(20)17-4-2-3-15(21)18(17)22/h2-8,10,25H,1H3,(H2,24,26). The molecule has 0 atom stereocenters. The van der Waals surface area contributed by atoms with Crippen LogP contribution in [0.25, 0.3) is 28.2 Å². The van der Waals surface area contributed by atoms with Crippen molar-refractivity contribution < 1.29 is 8.78 Å². The molecular formula is C20H14F2N8. The number of nitriles is 1. The summed E-state index contributed by atoms with van der Waals surface area (Å²) in [6.07, 6.45) is 1.55. The molecule has 0 aliphatic heterocycles. The average Bonchev–Trinajstić information content (AvgIpc) is 3.25. The van der Waals surface area contributed by atoms with Gasteiger partial charge in [0.1, 0.15) is 17.6 Å². The molecule has 0 saturated carbocycles. The minimum Gasteiger partial charge on any atom is -0.387 e. The normalized spacial score (nSPS) is 10.6. The molecule has 148 valence electrons. The van der Waals surface area contributed by atoms with E-state index in [0.717, 1.165) is 16.3 Å². The van der Waals surface area contributed by atoms with Gasteiger partial charge in [-0.05, 0) is 46.3 Å². The number of hydrogen-bond acceptors (Lipinski definition) is 7. The fraction of sp³-hybridized carbons (Fsp3) is 0.0500. The van der Waals surface area contributed by atoms with Crippen LogP contribution in [0, 0.1) is 23.0 Å². The van der Waals surface area contributed by atoms with Crippen LogP contribution >= 0.6 is 0 Å². The minimum absolute atomic E-state index is 0.0960. The van der Waals surface area contributed by atoms with Crippen molar-refractivity contribution in [3.63, 3.8) is 0 Å². The molecule has 0 unspecified atom stereocenters. The zero-order valence-corrected chi connectivity index (χ0v) is 15.6. The van der Waals surface area contributed by atoms with Gasteiger partial charge >= 0.3 is 0 Å². The monoisotopic (exact) mass is 404 g/mol. The van der Waals surface area contributed by atoms with Crippen molar-refractivity contribution in [3.8, 4) is 34.3 Å². The van der Waals surface area contributed by atoms with Crippen molar-refractivity contribution in [2.45, 2.75) is 0 Å². The lowest BCUT2D eigenvalue weighted by molar-refractivity contribution is 0.501. The Balaban J connectivity index is 1.85. The number of hydrogen-bond donors (Lipinski definition) is 2. The van der Waals surface area contributed by atoms with Gasteiger partial charge in [-0.15, -0.1) is 5.10 Å². The molecule has 0 radical (unpaired) electrons. The van der Waals surface area contributed by atoms with Crippen LogP contribution in [0.4, 0.5) is 20.3 Å². The maximum Gasteiger partial charge on any atom is 0.190 e. The maximum absolute atomic E-state index is 14.3. The molecule has 0 spiro atoms. The molecule has 30 heavy (non-hydrogen) atoms. The number of rotatable bonds is 4. The summed E-state index contributed by atoms with van der Waals surface area (Å²) >= 11 is 0. The molecular weight excluding hydrogens is 390 g/mol. The first-order chi connectivity index (χ1) is 14.5. The lowest BCUT2D eigenvalue weighted by Crippen LogP contribution is -2.06. The molecule has 2 aromatic carbocycles. The summed E-state index contributed by atoms with van der Waals surface area (Å²) in [7, 11) is 1.73. The number of nitrogen functional groups attached to an aromatic ring is 1. The van der Waals surface area contributed by atoms with E-state index in [-0.39, 0.29) is 17.3 Å². The van der Waals surface area contributed by atoms with Crippen molar-refractivity contribution >= 4 is 11.5 Å². The van der Waals surface area contributed by atoms with Crippen LogP contribution in [0.2, 0.25) is 0 Å². The summed E-state index contributed by atoms with van der Waals surface area (Å²) in [5.74, 6) is -1.91. The zero-order chi connectivity index (χ0) is 21.3. The van der Waals surface area contributed by atoms with Crippen molar-refractivity contribution in [1.82, 2.24) is 25.2 Å². The Hall–Kier alpha value is -4.39. The highest BCUT2D eigenvalue weighted by atomic mass is 19.2. The number of nitrogens with one attached hydrogen (secondary N) is 1. The van der Waals surface area contributed by atoms with Gasteiger partial charge in [0, 0.05) is 18.8 Å². The molecule has 4 rings (SSSR count). The van der Waals surface area contributed by atoms with Gasteiger partial charge in [-0.25, -0.2) is 13.8 Å². The predicted octanol–water partition coefficient (Wildman–Crippen LogP) is 3.17. The van der Waals surface area contributed by atoms with Gasteiger partial charge in [0.25, 0.3) is 0 Å². The van der Waals surface area contributed by atoms with E-state index in [1.165, 1.54) is 12.1 Å². The van der Waals surface area contributed by atoms with Gasteiger partial charge in [-0.3, -0.25) is 0 Å². The first kappa shape index (κ1) is 18.9. The second-order valence-corrected chi connectivity index (χ2v) is 6.27. The molecule has 0 fully saturated rings. The number of benzene rings is 2. The topological polar surface area (TPSA) is 118 Å². The fourth-order valence-corrected chi connectivity index (χ4v) is 3.02. The van der Waals surface area contributed by atoms with E-state index in [9.17, 15) is 14.0 Å². The summed E-state index contributed by atoms with van der Waals surface area (Å²) in [4.78, 5) is 4.19. The molecule has 0 amide bonds. The number of anilines is 2. The number of tetrazole rings is 1. The van der Waals surface area contributed by atoms with Crippen LogP contribution in [0.5, 0.6) is 0 Å². The number of nitrogens with two attached hydrogens (primary N) is 1. The smallest absolute Gasteiger partial charge is 0.190 e. The summed E-state index contributed by atoms with van der Waals surface area (Å²) < 4.78 is 29.0. The SMILES string of the molecule is CNc1ccc(-c2cnc(N)c(-c3nnnn3-c3cccc(F)c3F)c2)cc1C#N. The number of nitrogens with zero attached hydrogens (tertiary/aromatic N) is 6. The molecule has 4 aromatic rings. The van der Waals surface area contributed by atoms with Crippen molar-refractivity contribution in [3.05, 3.63) is 65.9 Å². The summed E-state index contributed by atoms with van der Waals surface area (Å²) in [6, 6.07) is 12.8. The van der Waals surface area contributed by atoms with Crippen LogP contribution < -0.4 is 11.1 Å². The second-order valence-electron chi connectivity index (χ2n) is 6.27. The van der Waals surface area contributed by atoms with Crippen LogP contribution in [-0.4, -0.2) is 32.2 Å². The summed E-state index contributed by atoms with van der Waals surface area (Å²) in [5, 5.41) is 23.6. The Kier molecular flexibility index (Phi) is 4.77. The van der Waals surface area contributed by atoms with Crippen LogP contribution in [-0.2, 0) is 0 Å². The predicted molar refractivity (Wildman–Crippen MR) is 106 cm³/mol. The lowest BCUT2D eigenvalue weighted by Gasteiger charge is -2.11. The molecule has 0 aliphatic rings. The molecule has 10 heteroatoms. The Bertz CT molecular complexity index is 1290. The summed E-state index contributed by atoms with van der Waals surface area (Å²) in [6.45, 7) is 0. The Morgan fingerprint density at radius 3 is 2.73 bits per heavy atom. The van der Waals surface area contributed by atoms with Gasteiger partial charge < -0.3 is 11.1 Å². The third-order valence-corrected chi connectivity index (χ3v) is 4.53. The third kappa shape index (κ3) is 3.18. The average molecular weight is 404 g/mol. The Morgan fingerprint density at radius 2 is 1.97 bits per heavy atom. The van der Waals surface area contributed by atoms with E-state index in [0.29, 0.717) is 22.4 Å². The van der Waals surface area contributed by atoms with E-state index in [1.807, 2.05) is 6.07 Å². The number of halogens is 2. The molecule has 8 nitrogen and oxygen atoms in total. The van der Waals surface area contributed by atoms with E-state index < -0.39 is 11.6 Å². The molecule has 3 N–H and O–H groups in total. The molecule has 2 aromatic heterocycles. The van der Waals surface area contributed by atoms with E-state index in [4.69, 9.17) is 5.73 Å². The minimum atomic E-state index is -1.09. The van der Waals surface area contributed by atoms with Gasteiger partial charge in [0.2, 0.25) is 0 Å². The number of aromatic nitrogens is 5. The Morgan fingerprint density at radius 1 is 1.13 bits per heavy atom. The molecule has 0 aliphatic carbocycles. The van der Waals surface area contributed by atoms with Crippen LogP contribution in [0.15, 0.2) is 48.7 Å². The number of pyridine rings is 1. The third-order valence-electron chi connectivity index (χ3n) is 4.53. The van der Waals surface area contributed by atoms with E-state index in [2.05, 4.69) is 31.9 Å². The highest BCUT2D eigenvalue weighted by molar-refractivity contribution is 5.78. The second kappa shape index (κ2) is 7.56. The lowest BCUT2D eigenvalue weighted by atomic mass is 10.0. The van der Waals surface area contributed by atoms with Gasteiger partial charge in [-0.1, -0.05) is 12.1 Å². The maximum atomic E-state index is 14.3. The molecule has 0 bridgehead atoms. The van der Waals surface area contributed by atoms with Gasteiger partial charge in [0.15, 0.2) is 17.5 Å². The van der Waals surface area contributed by atoms with Crippen LogP contribution in [0.3, 0.4) is 0 Å². The Labute approximate surface area is 169 Å². The quantitative estimate of drug-likeness (QED) is 0.536. The van der Waals surface area contributed by atoms with Crippen molar-refractivity contribution in [2.24, 2.45) is 0 Å². The van der Waals surface area contributed by atoms with Crippen molar-refractivity contribution in [2.75, 3.05) is 18.1 Å². The van der Waals surface area contributed by atoms with Crippen molar-refractivity contribution in [1.29, 1.82) is 5.26 Å². The first-order valence-corrected chi connectivity index (χ1v) is 8.74. The van der Waals surface area contributed by atoms with E-state index >= 15 is 0 Å². The fourth-order valence-electron chi connectivity index (χ4n) is 3.02. The zero-order valence-electron chi connectivity index (χ0n) is 15.6. The highest BCUT2D eigenvalue weighted by Gasteiger charge is 2.19. The molecule has 0 saturated heterocycles. The van der Waals surface area contributed by atoms with Gasteiger partial charge in [0.05, 0.1) is 16.8 Å².